The highest BCUT2D eigenvalue weighted by Crippen LogP contribution is 2.14. The summed E-state index contributed by atoms with van der Waals surface area (Å²) < 4.78 is 0. The zero-order valence-corrected chi connectivity index (χ0v) is 10.4. The Bertz CT molecular complexity index is 549. The summed E-state index contributed by atoms with van der Waals surface area (Å²) in [6.07, 6.45) is 7.94. The number of non-ortho nitro benzene ring substituents is 1. The third kappa shape index (κ3) is 3.51. The van der Waals surface area contributed by atoms with Gasteiger partial charge in [-0.25, -0.2) is 0 Å². The van der Waals surface area contributed by atoms with Crippen LogP contribution in [0.15, 0.2) is 42.5 Å². The van der Waals surface area contributed by atoms with Crippen LogP contribution in [0.2, 0.25) is 0 Å². The summed E-state index contributed by atoms with van der Waals surface area (Å²) in [6.45, 7) is 1.34. The van der Waals surface area contributed by atoms with Gasteiger partial charge in [0.1, 0.15) is 0 Å². The molecule has 0 spiro atoms. The van der Waals surface area contributed by atoms with Crippen LogP contribution < -0.4 is 0 Å². The summed E-state index contributed by atoms with van der Waals surface area (Å²) in [7, 11) is 0. The SMILES string of the molecule is O=C(/C=C/c1cccc([N+](=O)[O-])c1)N1CC=CCC1. The van der Waals surface area contributed by atoms with Gasteiger partial charge in [0.15, 0.2) is 0 Å². The van der Waals surface area contributed by atoms with E-state index >= 15 is 0 Å². The quantitative estimate of drug-likeness (QED) is 0.362. The average molecular weight is 258 g/mol. The molecule has 0 aromatic heterocycles. The number of carbonyl (C=O) groups excluding carboxylic acids is 1. The van der Waals surface area contributed by atoms with Crippen LogP contribution in [0.3, 0.4) is 0 Å². The third-order valence-electron chi connectivity index (χ3n) is 2.87. The number of rotatable bonds is 3. The van der Waals surface area contributed by atoms with E-state index in [0.29, 0.717) is 18.7 Å². The topological polar surface area (TPSA) is 63.4 Å². The summed E-state index contributed by atoms with van der Waals surface area (Å²) >= 11 is 0. The number of hydrogen-bond acceptors (Lipinski definition) is 3. The van der Waals surface area contributed by atoms with Gasteiger partial charge < -0.3 is 4.90 Å². The van der Waals surface area contributed by atoms with Gasteiger partial charge in [-0.05, 0) is 18.1 Å². The number of carbonyl (C=O) groups is 1. The van der Waals surface area contributed by atoms with E-state index in [0.717, 1.165) is 6.42 Å². The minimum atomic E-state index is -0.450. The van der Waals surface area contributed by atoms with E-state index in [9.17, 15) is 14.9 Å². The van der Waals surface area contributed by atoms with Gasteiger partial charge in [-0.1, -0.05) is 24.3 Å². The Morgan fingerprint density at radius 2 is 2.21 bits per heavy atom. The molecule has 2 rings (SSSR count). The van der Waals surface area contributed by atoms with Crippen molar-refractivity contribution >= 4 is 17.7 Å². The van der Waals surface area contributed by atoms with Crippen molar-refractivity contribution in [2.45, 2.75) is 6.42 Å². The average Bonchev–Trinajstić information content (AvgIpc) is 2.46. The number of amides is 1. The van der Waals surface area contributed by atoms with Crippen LogP contribution in [-0.4, -0.2) is 28.8 Å². The normalized spacial score (nSPS) is 14.8. The molecule has 0 saturated heterocycles. The molecule has 1 aliphatic rings. The third-order valence-corrected chi connectivity index (χ3v) is 2.87. The number of hydrogen-bond donors (Lipinski definition) is 0. The first-order valence-corrected chi connectivity index (χ1v) is 6.03. The number of nitro benzene ring substituents is 1. The van der Waals surface area contributed by atoms with E-state index < -0.39 is 4.92 Å². The number of nitro groups is 1. The lowest BCUT2D eigenvalue weighted by Gasteiger charge is -2.21. The maximum absolute atomic E-state index is 11.9. The van der Waals surface area contributed by atoms with Gasteiger partial charge >= 0.3 is 0 Å². The Balaban J connectivity index is 2.05. The van der Waals surface area contributed by atoms with Crippen molar-refractivity contribution in [3.05, 3.63) is 58.2 Å². The van der Waals surface area contributed by atoms with Crippen LogP contribution in [0.1, 0.15) is 12.0 Å². The van der Waals surface area contributed by atoms with Crippen molar-refractivity contribution in [2.75, 3.05) is 13.1 Å². The number of nitrogens with zero attached hydrogens (tertiary/aromatic N) is 2. The molecule has 0 unspecified atom stereocenters. The highest BCUT2D eigenvalue weighted by Gasteiger charge is 2.10. The smallest absolute Gasteiger partial charge is 0.270 e. The molecule has 0 bridgehead atoms. The standard InChI is InChI=1S/C14H14N2O3/c17-14(15-9-2-1-3-10-15)8-7-12-5-4-6-13(11-12)16(18)19/h1-2,4-8,11H,3,9-10H2/b8-7+. The van der Waals surface area contributed by atoms with Crippen LogP contribution in [0.5, 0.6) is 0 Å². The van der Waals surface area contributed by atoms with Crippen LogP contribution in [0, 0.1) is 10.1 Å². The molecular formula is C14H14N2O3. The van der Waals surface area contributed by atoms with Gasteiger partial charge in [-0.2, -0.15) is 0 Å². The summed E-state index contributed by atoms with van der Waals surface area (Å²) in [5, 5.41) is 10.6. The van der Waals surface area contributed by atoms with Crippen LogP contribution in [0.25, 0.3) is 6.08 Å². The second-order valence-corrected chi connectivity index (χ2v) is 4.23. The second kappa shape index (κ2) is 5.95. The van der Waals surface area contributed by atoms with E-state index in [2.05, 4.69) is 0 Å². The zero-order valence-electron chi connectivity index (χ0n) is 10.4. The van der Waals surface area contributed by atoms with Crippen LogP contribution >= 0.6 is 0 Å². The Hall–Kier alpha value is -2.43. The molecule has 0 aliphatic carbocycles. The molecule has 1 aromatic carbocycles. The minimum Gasteiger partial charge on any atom is -0.335 e. The molecular weight excluding hydrogens is 244 g/mol. The lowest BCUT2D eigenvalue weighted by Crippen LogP contribution is -2.32. The van der Waals surface area contributed by atoms with Crippen molar-refractivity contribution in [3.63, 3.8) is 0 Å². The fourth-order valence-corrected chi connectivity index (χ4v) is 1.86. The van der Waals surface area contributed by atoms with Gasteiger partial charge in [0.05, 0.1) is 4.92 Å². The van der Waals surface area contributed by atoms with Gasteiger partial charge in [0.2, 0.25) is 5.91 Å². The summed E-state index contributed by atoms with van der Waals surface area (Å²) in [5.74, 6) is -0.0733. The molecule has 0 atom stereocenters. The highest BCUT2D eigenvalue weighted by atomic mass is 16.6. The van der Waals surface area contributed by atoms with Crippen molar-refractivity contribution in [3.8, 4) is 0 Å². The van der Waals surface area contributed by atoms with Gasteiger partial charge in [-0.15, -0.1) is 0 Å². The van der Waals surface area contributed by atoms with E-state index in [1.165, 1.54) is 18.2 Å². The number of benzene rings is 1. The first kappa shape index (κ1) is 13.0. The maximum Gasteiger partial charge on any atom is 0.270 e. The first-order valence-electron chi connectivity index (χ1n) is 6.03. The Kier molecular flexibility index (Phi) is 4.07. The highest BCUT2D eigenvalue weighted by molar-refractivity contribution is 5.92. The van der Waals surface area contributed by atoms with E-state index in [1.54, 1.807) is 23.1 Å². The lowest BCUT2D eigenvalue weighted by atomic mass is 10.2. The largest absolute Gasteiger partial charge is 0.335 e. The summed E-state index contributed by atoms with van der Waals surface area (Å²) in [6, 6.07) is 6.20. The molecule has 0 N–H and O–H groups in total. The predicted octanol–water partition coefficient (Wildman–Crippen LogP) is 2.40. The fraction of sp³-hybridized carbons (Fsp3) is 0.214. The molecule has 5 heteroatoms. The Labute approximate surface area is 111 Å². The molecule has 1 aromatic rings. The molecule has 5 nitrogen and oxygen atoms in total. The van der Waals surface area contributed by atoms with Gasteiger partial charge in [0.25, 0.3) is 5.69 Å². The fourth-order valence-electron chi connectivity index (χ4n) is 1.86. The molecule has 98 valence electrons. The van der Waals surface area contributed by atoms with Crippen molar-refractivity contribution in [1.82, 2.24) is 4.90 Å². The minimum absolute atomic E-state index is 0.0236. The van der Waals surface area contributed by atoms with E-state index in [1.807, 2.05) is 12.2 Å². The lowest BCUT2D eigenvalue weighted by molar-refractivity contribution is -0.384. The molecule has 0 fully saturated rings. The Morgan fingerprint density at radius 1 is 1.37 bits per heavy atom. The maximum atomic E-state index is 11.9. The molecule has 1 amide bonds. The van der Waals surface area contributed by atoms with Crippen molar-refractivity contribution in [2.24, 2.45) is 0 Å². The first-order chi connectivity index (χ1) is 9.16. The van der Waals surface area contributed by atoms with Crippen LogP contribution in [-0.2, 0) is 4.79 Å². The van der Waals surface area contributed by atoms with E-state index in [4.69, 9.17) is 0 Å². The molecule has 19 heavy (non-hydrogen) atoms. The molecule has 0 saturated carbocycles. The van der Waals surface area contributed by atoms with E-state index in [-0.39, 0.29) is 11.6 Å². The van der Waals surface area contributed by atoms with Gasteiger partial charge in [0, 0.05) is 31.3 Å². The summed E-state index contributed by atoms with van der Waals surface area (Å²) in [4.78, 5) is 23.8. The predicted molar refractivity (Wildman–Crippen MR) is 72.5 cm³/mol. The molecule has 1 aliphatic heterocycles. The second-order valence-electron chi connectivity index (χ2n) is 4.23. The molecule has 0 radical (unpaired) electrons. The Morgan fingerprint density at radius 3 is 2.89 bits per heavy atom. The summed E-state index contributed by atoms with van der Waals surface area (Å²) in [5.41, 5.74) is 0.672. The van der Waals surface area contributed by atoms with Crippen LogP contribution in [0.4, 0.5) is 5.69 Å². The van der Waals surface area contributed by atoms with Crippen molar-refractivity contribution in [1.29, 1.82) is 0 Å². The van der Waals surface area contributed by atoms with Gasteiger partial charge in [-0.3, -0.25) is 14.9 Å². The van der Waals surface area contributed by atoms with Crippen molar-refractivity contribution < 1.29 is 9.72 Å². The monoisotopic (exact) mass is 258 g/mol. The zero-order chi connectivity index (χ0) is 13.7. The molecule has 1 heterocycles.